The van der Waals surface area contributed by atoms with Gasteiger partial charge in [-0.3, -0.25) is 5.41 Å². The first-order valence-electron chi connectivity index (χ1n) is 4.84. The Bertz CT molecular complexity index is 361. The van der Waals surface area contributed by atoms with Crippen molar-refractivity contribution in [2.24, 2.45) is 5.73 Å². The van der Waals surface area contributed by atoms with Crippen LogP contribution >= 0.6 is 11.8 Å². The van der Waals surface area contributed by atoms with E-state index in [0.717, 1.165) is 16.1 Å². The highest BCUT2D eigenvalue weighted by Crippen LogP contribution is 2.26. The van der Waals surface area contributed by atoms with Gasteiger partial charge >= 0.3 is 0 Å². The summed E-state index contributed by atoms with van der Waals surface area (Å²) in [6.07, 6.45) is 1.99. The van der Waals surface area contributed by atoms with Crippen LogP contribution < -0.4 is 11.1 Å². The Morgan fingerprint density at radius 3 is 2.60 bits per heavy atom. The average Bonchev–Trinajstić information content (AvgIpc) is 2.15. The maximum absolute atomic E-state index is 7.59. The second-order valence-electron chi connectivity index (χ2n) is 3.60. The van der Waals surface area contributed by atoms with Gasteiger partial charge in [-0.2, -0.15) is 0 Å². The molecular weight excluding hydrogens is 206 g/mol. The fourth-order valence-electron chi connectivity index (χ4n) is 1.41. The summed E-state index contributed by atoms with van der Waals surface area (Å²) in [6, 6.07) is 6.24. The molecule has 0 saturated heterocycles. The van der Waals surface area contributed by atoms with Crippen molar-refractivity contribution in [3.05, 3.63) is 23.8 Å². The van der Waals surface area contributed by atoms with Gasteiger partial charge in [-0.25, -0.2) is 0 Å². The Morgan fingerprint density at radius 1 is 1.47 bits per heavy atom. The molecular formula is C11H17N3S. The molecule has 0 radical (unpaired) electrons. The molecule has 1 rings (SSSR count). The molecule has 0 atom stereocenters. The van der Waals surface area contributed by atoms with Crippen LogP contribution in [0.4, 0.5) is 5.69 Å². The summed E-state index contributed by atoms with van der Waals surface area (Å²) in [5, 5.41) is 10.9. The lowest BCUT2D eigenvalue weighted by Gasteiger charge is -2.16. The van der Waals surface area contributed by atoms with E-state index in [1.165, 1.54) is 0 Å². The molecule has 0 amide bonds. The van der Waals surface area contributed by atoms with Gasteiger partial charge in [-0.1, -0.05) is 6.07 Å². The number of nitrogen functional groups attached to an aromatic ring is 1. The minimum absolute atomic E-state index is 0.114. The summed E-state index contributed by atoms with van der Waals surface area (Å²) in [4.78, 5) is 1.04. The van der Waals surface area contributed by atoms with Gasteiger partial charge in [-0.15, -0.1) is 11.8 Å². The van der Waals surface area contributed by atoms with E-state index in [1.54, 1.807) is 11.8 Å². The van der Waals surface area contributed by atoms with Crippen molar-refractivity contribution in [3.8, 4) is 0 Å². The number of hydrogen-bond donors (Lipinski definition) is 3. The zero-order chi connectivity index (χ0) is 11.4. The highest BCUT2D eigenvalue weighted by molar-refractivity contribution is 7.98. The third kappa shape index (κ3) is 2.89. The molecule has 0 aliphatic rings. The molecule has 0 unspecified atom stereocenters. The van der Waals surface area contributed by atoms with Gasteiger partial charge in [0.2, 0.25) is 0 Å². The second-order valence-corrected chi connectivity index (χ2v) is 4.44. The Morgan fingerprint density at radius 2 is 2.13 bits per heavy atom. The van der Waals surface area contributed by atoms with E-state index in [0.29, 0.717) is 6.04 Å². The van der Waals surface area contributed by atoms with Gasteiger partial charge in [0, 0.05) is 16.6 Å². The number of amidine groups is 1. The monoisotopic (exact) mass is 223 g/mol. The van der Waals surface area contributed by atoms with E-state index in [9.17, 15) is 0 Å². The van der Waals surface area contributed by atoms with Crippen molar-refractivity contribution in [1.82, 2.24) is 0 Å². The largest absolute Gasteiger partial charge is 0.384 e. The predicted octanol–water partition coefficient (Wildman–Crippen LogP) is 2.51. The molecule has 3 nitrogen and oxygen atoms in total. The molecule has 0 heterocycles. The first-order chi connectivity index (χ1) is 7.06. The van der Waals surface area contributed by atoms with Crippen LogP contribution in [-0.2, 0) is 0 Å². The third-order valence-corrected chi connectivity index (χ3v) is 2.74. The van der Waals surface area contributed by atoms with Crippen LogP contribution in [0.5, 0.6) is 0 Å². The molecule has 0 saturated carbocycles. The Labute approximate surface area is 95.0 Å². The van der Waals surface area contributed by atoms with Crippen molar-refractivity contribution in [2.45, 2.75) is 24.8 Å². The van der Waals surface area contributed by atoms with Crippen LogP contribution in [0.25, 0.3) is 0 Å². The topological polar surface area (TPSA) is 61.9 Å². The quantitative estimate of drug-likeness (QED) is 0.417. The van der Waals surface area contributed by atoms with Gasteiger partial charge in [0.25, 0.3) is 0 Å². The SMILES string of the molecule is CSc1cccc(NC(C)C)c1C(=N)N. The fraction of sp³-hybridized carbons (Fsp3) is 0.364. The highest BCUT2D eigenvalue weighted by atomic mass is 32.2. The molecule has 0 aromatic heterocycles. The molecule has 1 aromatic carbocycles. The van der Waals surface area contributed by atoms with Gasteiger partial charge in [-0.05, 0) is 32.2 Å². The van der Waals surface area contributed by atoms with E-state index in [1.807, 2.05) is 24.5 Å². The number of thioether (sulfide) groups is 1. The van der Waals surface area contributed by atoms with Crippen LogP contribution in [0.1, 0.15) is 19.4 Å². The normalized spacial score (nSPS) is 10.4. The number of nitrogens with two attached hydrogens (primary N) is 1. The van der Waals surface area contributed by atoms with E-state index in [-0.39, 0.29) is 5.84 Å². The maximum atomic E-state index is 7.59. The van der Waals surface area contributed by atoms with E-state index in [2.05, 4.69) is 19.2 Å². The molecule has 0 spiro atoms. The maximum Gasteiger partial charge on any atom is 0.126 e. The van der Waals surface area contributed by atoms with Gasteiger partial charge in [0.15, 0.2) is 0 Å². The molecule has 0 aliphatic carbocycles. The summed E-state index contributed by atoms with van der Waals surface area (Å²) in [5.41, 5.74) is 7.34. The Balaban J connectivity index is 3.19. The second kappa shape index (κ2) is 5.07. The molecule has 4 N–H and O–H groups in total. The van der Waals surface area contributed by atoms with Crippen molar-refractivity contribution in [3.63, 3.8) is 0 Å². The lowest BCUT2D eigenvalue weighted by atomic mass is 10.1. The molecule has 0 bridgehead atoms. The zero-order valence-electron chi connectivity index (χ0n) is 9.29. The summed E-state index contributed by atoms with van der Waals surface area (Å²) in [7, 11) is 0. The standard InChI is InChI=1S/C11H17N3S/c1-7(2)14-8-5-4-6-9(15-3)10(8)11(12)13/h4-7,14H,1-3H3,(H3,12,13). The summed E-state index contributed by atoms with van der Waals surface area (Å²) >= 11 is 1.60. The smallest absolute Gasteiger partial charge is 0.126 e. The van der Waals surface area contributed by atoms with Crippen molar-refractivity contribution in [1.29, 1.82) is 5.41 Å². The van der Waals surface area contributed by atoms with Crippen LogP contribution in [-0.4, -0.2) is 18.1 Å². The number of hydrogen-bond acceptors (Lipinski definition) is 3. The summed E-state index contributed by atoms with van der Waals surface area (Å²) < 4.78 is 0. The molecule has 0 fully saturated rings. The Hall–Kier alpha value is -1.16. The molecule has 4 heteroatoms. The highest BCUT2D eigenvalue weighted by Gasteiger charge is 2.10. The van der Waals surface area contributed by atoms with Crippen LogP contribution in [0.2, 0.25) is 0 Å². The minimum Gasteiger partial charge on any atom is -0.384 e. The zero-order valence-corrected chi connectivity index (χ0v) is 10.1. The predicted molar refractivity (Wildman–Crippen MR) is 68.0 cm³/mol. The van der Waals surface area contributed by atoms with Crippen molar-refractivity contribution >= 4 is 23.3 Å². The minimum atomic E-state index is 0.114. The van der Waals surface area contributed by atoms with Crippen LogP contribution in [0, 0.1) is 5.41 Å². The van der Waals surface area contributed by atoms with E-state index in [4.69, 9.17) is 11.1 Å². The number of benzene rings is 1. The van der Waals surface area contributed by atoms with Crippen LogP contribution in [0.3, 0.4) is 0 Å². The number of rotatable bonds is 4. The summed E-state index contributed by atoms with van der Waals surface area (Å²) in [5.74, 6) is 0.114. The first kappa shape index (κ1) is 11.9. The number of anilines is 1. The third-order valence-electron chi connectivity index (χ3n) is 1.96. The molecule has 82 valence electrons. The van der Waals surface area contributed by atoms with Crippen molar-refractivity contribution < 1.29 is 0 Å². The molecule has 15 heavy (non-hydrogen) atoms. The van der Waals surface area contributed by atoms with E-state index >= 15 is 0 Å². The van der Waals surface area contributed by atoms with Gasteiger partial charge in [0.05, 0.1) is 5.56 Å². The van der Waals surface area contributed by atoms with Gasteiger partial charge < -0.3 is 11.1 Å². The lowest BCUT2D eigenvalue weighted by molar-refractivity contribution is 0.898. The number of nitrogens with one attached hydrogen (secondary N) is 2. The van der Waals surface area contributed by atoms with Crippen molar-refractivity contribution in [2.75, 3.05) is 11.6 Å². The molecule has 0 aliphatic heterocycles. The summed E-state index contributed by atoms with van der Waals surface area (Å²) in [6.45, 7) is 4.13. The average molecular weight is 223 g/mol. The fourth-order valence-corrected chi connectivity index (χ4v) is 2.05. The van der Waals surface area contributed by atoms with E-state index < -0.39 is 0 Å². The molecule has 1 aromatic rings. The Kier molecular flexibility index (Phi) is 4.03. The lowest BCUT2D eigenvalue weighted by Crippen LogP contribution is -2.18. The van der Waals surface area contributed by atoms with Crippen LogP contribution in [0.15, 0.2) is 23.1 Å². The van der Waals surface area contributed by atoms with Gasteiger partial charge in [0.1, 0.15) is 5.84 Å². The first-order valence-corrected chi connectivity index (χ1v) is 6.06.